The van der Waals surface area contributed by atoms with Gasteiger partial charge >= 0.3 is 0 Å². The first-order chi connectivity index (χ1) is 11.0. The number of benzene rings is 1. The topological polar surface area (TPSA) is 59.5 Å². The van der Waals surface area contributed by atoms with Crippen LogP contribution in [-0.2, 0) is 10.0 Å². The molecule has 23 heavy (non-hydrogen) atoms. The number of rotatable bonds is 4. The molecule has 5 nitrogen and oxygen atoms in total. The van der Waals surface area contributed by atoms with Crippen LogP contribution in [0.15, 0.2) is 45.9 Å². The summed E-state index contributed by atoms with van der Waals surface area (Å²) in [6.07, 6.45) is 3.18. The molecule has 0 saturated carbocycles. The molecule has 1 aromatic carbocycles. The molecule has 2 aromatic rings. The zero-order valence-corrected chi connectivity index (χ0v) is 15.1. The molecule has 1 aromatic heterocycles. The highest BCUT2D eigenvalue weighted by atomic mass is 79.9. The smallest absolute Gasteiger partial charge is 0.244 e. The van der Waals surface area contributed by atoms with Crippen molar-refractivity contribution in [2.24, 2.45) is 0 Å². The largest absolute Gasteiger partial charge is 0.438 e. The van der Waals surface area contributed by atoms with Crippen LogP contribution in [0.5, 0.6) is 11.6 Å². The van der Waals surface area contributed by atoms with Gasteiger partial charge in [-0.25, -0.2) is 13.4 Å². The SMILES string of the molecule is Cc1ccc(Oc2ccc(S(=O)(=O)N3CCCC3)cn2)c(Br)c1. The van der Waals surface area contributed by atoms with Gasteiger partial charge in [0.05, 0.1) is 10.7 Å². The van der Waals surface area contributed by atoms with Crippen LogP contribution in [0.3, 0.4) is 0 Å². The van der Waals surface area contributed by atoms with Gasteiger partial charge in [-0.15, -0.1) is 0 Å². The highest BCUT2D eigenvalue weighted by Gasteiger charge is 2.27. The highest BCUT2D eigenvalue weighted by Crippen LogP contribution is 2.30. The lowest BCUT2D eigenvalue weighted by atomic mass is 10.2. The average molecular weight is 397 g/mol. The Bertz CT molecular complexity index is 801. The molecule has 1 saturated heterocycles. The van der Waals surface area contributed by atoms with E-state index in [-0.39, 0.29) is 4.90 Å². The van der Waals surface area contributed by atoms with Gasteiger partial charge in [0.2, 0.25) is 15.9 Å². The van der Waals surface area contributed by atoms with E-state index >= 15 is 0 Å². The van der Waals surface area contributed by atoms with Gasteiger partial charge in [-0.1, -0.05) is 6.07 Å². The fourth-order valence-corrected chi connectivity index (χ4v) is 4.50. The van der Waals surface area contributed by atoms with Gasteiger partial charge in [0.25, 0.3) is 0 Å². The van der Waals surface area contributed by atoms with Crippen molar-refractivity contribution in [3.63, 3.8) is 0 Å². The molecule has 0 unspecified atom stereocenters. The zero-order valence-electron chi connectivity index (χ0n) is 12.7. The second-order valence-corrected chi connectivity index (χ2v) is 8.27. The molecule has 7 heteroatoms. The Morgan fingerprint density at radius 3 is 2.52 bits per heavy atom. The Kier molecular flexibility index (Phi) is 4.70. The fourth-order valence-electron chi connectivity index (χ4n) is 2.46. The molecular weight excluding hydrogens is 380 g/mol. The number of halogens is 1. The summed E-state index contributed by atoms with van der Waals surface area (Å²) >= 11 is 3.44. The molecule has 0 aliphatic carbocycles. The van der Waals surface area contributed by atoms with Crippen LogP contribution < -0.4 is 4.74 Å². The first-order valence-corrected chi connectivity index (χ1v) is 9.60. The van der Waals surface area contributed by atoms with Crippen molar-refractivity contribution in [1.29, 1.82) is 0 Å². The van der Waals surface area contributed by atoms with Crippen molar-refractivity contribution in [2.45, 2.75) is 24.7 Å². The molecule has 122 valence electrons. The lowest BCUT2D eigenvalue weighted by molar-refractivity contribution is 0.457. The van der Waals surface area contributed by atoms with Crippen LogP contribution >= 0.6 is 15.9 Å². The first-order valence-electron chi connectivity index (χ1n) is 7.37. The summed E-state index contributed by atoms with van der Waals surface area (Å²) in [5.41, 5.74) is 1.12. The zero-order chi connectivity index (χ0) is 16.4. The Hall–Kier alpha value is -1.44. The molecule has 0 bridgehead atoms. The van der Waals surface area contributed by atoms with E-state index in [4.69, 9.17) is 4.74 Å². The molecule has 2 heterocycles. The Labute approximate surface area is 144 Å². The van der Waals surface area contributed by atoms with Crippen LogP contribution in [0, 0.1) is 6.92 Å². The third-order valence-electron chi connectivity index (χ3n) is 3.71. The van der Waals surface area contributed by atoms with E-state index in [1.165, 1.54) is 16.6 Å². The number of nitrogens with zero attached hydrogens (tertiary/aromatic N) is 2. The van der Waals surface area contributed by atoms with Crippen molar-refractivity contribution in [1.82, 2.24) is 9.29 Å². The molecule has 1 aliphatic rings. The van der Waals surface area contributed by atoms with E-state index < -0.39 is 10.0 Å². The summed E-state index contributed by atoms with van der Waals surface area (Å²) in [4.78, 5) is 4.33. The molecule has 0 radical (unpaired) electrons. The van der Waals surface area contributed by atoms with Gasteiger partial charge in [0.15, 0.2) is 0 Å². The Morgan fingerprint density at radius 2 is 1.91 bits per heavy atom. The lowest BCUT2D eigenvalue weighted by Gasteiger charge is -2.15. The van der Waals surface area contributed by atoms with Gasteiger partial charge in [-0.3, -0.25) is 0 Å². The van der Waals surface area contributed by atoms with Crippen molar-refractivity contribution in [2.75, 3.05) is 13.1 Å². The fraction of sp³-hybridized carbons (Fsp3) is 0.312. The number of aromatic nitrogens is 1. The lowest BCUT2D eigenvalue weighted by Crippen LogP contribution is -2.27. The van der Waals surface area contributed by atoms with Crippen LogP contribution in [0.25, 0.3) is 0 Å². The highest BCUT2D eigenvalue weighted by molar-refractivity contribution is 9.10. The molecule has 3 rings (SSSR count). The van der Waals surface area contributed by atoms with Crippen LogP contribution in [0.1, 0.15) is 18.4 Å². The number of hydrogen-bond donors (Lipinski definition) is 0. The number of ether oxygens (including phenoxy) is 1. The summed E-state index contributed by atoms with van der Waals surface area (Å²) in [5, 5.41) is 0. The van der Waals surface area contributed by atoms with E-state index in [9.17, 15) is 8.42 Å². The predicted molar refractivity (Wildman–Crippen MR) is 91.2 cm³/mol. The third-order valence-corrected chi connectivity index (χ3v) is 6.22. The number of sulfonamides is 1. The second kappa shape index (κ2) is 6.59. The van der Waals surface area contributed by atoms with E-state index in [0.29, 0.717) is 24.7 Å². The maximum absolute atomic E-state index is 12.4. The molecule has 0 N–H and O–H groups in total. The van der Waals surface area contributed by atoms with Crippen molar-refractivity contribution in [3.8, 4) is 11.6 Å². The average Bonchev–Trinajstić information content (AvgIpc) is 3.06. The quantitative estimate of drug-likeness (QED) is 0.789. The summed E-state index contributed by atoms with van der Waals surface area (Å²) in [6, 6.07) is 8.84. The summed E-state index contributed by atoms with van der Waals surface area (Å²) in [7, 11) is -3.44. The van der Waals surface area contributed by atoms with Crippen LogP contribution in [0.2, 0.25) is 0 Å². The maximum Gasteiger partial charge on any atom is 0.244 e. The van der Waals surface area contributed by atoms with Crippen molar-refractivity contribution < 1.29 is 13.2 Å². The van der Waals surface area contributed by atoms with E-state index in [1.54, 1.807) is 6.07 Å². The molecule has 0 spiro atoms. The Morgan fingerprint density at radius 1 is 1.17 bits per heavy atom. The van der Waals surface area contributed by atoms with E-state index in [0.717, 1.165) is 22.9 Å². The molecule has 0 atom stereocenters. The summed E-state index contributed by atoms with van der Waals surface area (Å²) in [6.45, 7) is 3.15. The first kappa shape index (κ1) is 16.4. The maximum atomic E-state index is 12.4. The number of pyridine rings is 1. The minimum Gasteiger partial charge on any atom is -0.438 e. The monoisotopic (exact) mass is 396 g/mol. The second-order valence-electron chi connectivity index (χ2n) is 5.48. The summed E-state index contributed by atoms with van der Waals surface area (Å²) in [5.74, 6) is 0.994. The van der Waals surface area contributed by atoms with Crippen LogP contribution in [-0.4, -0.2) is 30.8 Å². The van der Waals surface area contributed by atoms with Gasteiger partial charge in [-0.2, -0.15) is 4.31 Å². The minimum absolute atomic E-state index is 0.203. The van der Waals surface area contributed by atoms with Gasteiger partial charge in [0.1, 0.15) is 10.6 Å². The normalized spacial score (nSPS) is 15.7. The summed E-state index contributed by atoms with van der Waals surface area (Å²) < 4.78 is 32.9. The minimum atomic E-state index is -3.44. The third kappa shape index (κ3) is 3.57. The molecular formula is C16H17BrN2O3S. The van der Waals surface area contributed by atoms with E-state index in [1.807, 2.05) is 25.1 Å². The molecule has 0 amide bonds. The molecule has 1 fully saturated rings. The van der Waals surface area contributed by atoms with Gasteiger partial charge in [0, 0.05) is 19.2 Å². The Balaban J connectivity index is 1.79. The van der Waals surface area contributed by atoms with Crippen molar-refractivity contribution in [3.05, 3.63) is 46.6 Å². The number of hydrogen-bond acceptors (Lipinski definition) is 4. The molecule has 1 aliphatic heterocycles. The number of aryl methyl sites for hydroxylation is 1. The van der Waals surface area contributed by atoms with Gasteiger partial charge in [-0.05, 0) is 59.5 Å². The van der Waals surface area contributed by atoms with E-state index in [2.05, 4.69) is 20.9 Å². The standard InChI is InChI=1S/C16H17BrN2O3S/c1-12-4-6-15(14(17)10-12)22-16-7-5-13(11-18-16)23(20,21)19-8-2-3-9-19/h4-7,10-11H,2-3,8-9H2,1H3. The predicted octanol–water partition coefficient (Wildman–Crippen LogP) is 3.73. The van der Waals surface area contributed by atoms with Gasteiger partial charge < -0.3 is 4.74 Å². The van der Waals surface area contributed by atoms with Crippen LogP contribution in [0.4, 0.5) is 0 Å². The van der Waals surface area contributed by atoms with Crippen molar-refractivity contribution >= 4 is 26.0 Å².